The van der Waals surface area contributed by atoms with Crippen molar-refractivity contribution in [1.82, 2.24) is 15.3 Å². The van der Waals surface area contributed by atoms with Crippen molar-refractivity contribution in [3.8, 4) is 0 Å². The Morgan fingerprint density at radius 1 is 1.21 bits per heavy atom. The van der Waals surface area contributed by atoms with Gasteiger partial charge in [-0.05, 0) is 43.7 Å². The molecule has 13 heteroatoms. The molecule has 1 aromatic carbocycles. The number of halogens is 4. The van der Waals surface area contributed by atoms with Crippen molar-refractivity contribution in [3.05, 3.63) is 59.3 Å². The van der Waals surface area contributed by atoms with Gasteiger partial charge in [-0.25, -0.2) is 14.4 Å². The lowest BCUT2D eigenvalue weighted by Crippen LogP contribution is -2.55. The Kier molecular flexibility index (Phi) is 5.32. The van der Waals surface area contributed by atoms with E-state index in [9.17, 15) is 17.6 Å². The monoisotopic (exact) mass is 478 g/mol. The first kappa shape index (κ1) is 22.3. The van der Waals surface area contributed by atoms with Gasteiger partial charge in [0.1, 0.15) is 11.6 Å². The number of alkyl halides is 3. The number of fused-ring (bicyclic) bond motifs is 1. The van der Waals surface area contributed by atoms with Crippen LogP contribution in [0.4, 0.5) is 17.6 Å². The highest BCUT2D eigenvalue weighted by Crippen LogP contribution is 2.38. The van der Waals surface area contributed by atoms with Crippen molar-refractivity contribution < 1.29 is 22.0 Å². The van der Waals surface area contributed by atoms with Crippen LogP contribution in [0.1, 0.15) is 36.1 Å². The Balaban J connectivity index is 1.40. The third kappa shape index (κ3) is 4.01. The molecule has 0 bridgehead atoms. The molecule has 0 spiro atoms. The molecule has 0 saturated carbocycles. The lowest BCUT2D eigenvalue weighted by molar-refractivity contribution is -0.137. The number of furan rings is 1. The summed E-state index contributed by atoms with van der Waals surface area (Å²) in [4.78, 5) is 14.9. The van der Waals surface area contributed by atoms with Gasteiger partial charge >= 0.3 is 6.18 Å². The first-order valence-electron chi connectivity index (χ1n) is 10.6. The second-order valence-corrected chi connectivity index (χ2v) is 8.41. The normalized spacial score (nSPS) is 25.2. The summed E-state index contributed by atoms with van der Waals surface area (Å²) >= 11 is 0. The van der Waals surface area contributed by atoms with E-state index >= 15 is 0 Å². The molecule has 3 aliphatic heterocycles. The molecule has 5 rings (SSSR count). The Labute approximate surface area is 191 Å². The van der Waals surface area contributed by atoms with E-state index in [2.05, 4.69) is 15.4 Å². The lowest BCUT2D eigenvalue weighted by atomic mass is 9.96. The van der Waals surface area contributed by atoms with Gasteiger partial charge in [-0.3, -0.25) is 4.90 Å². The van der Waals surface area contributed by atoms with Gasteiger partial charge in [0.05, 0.1) is 11.8 Å². The minimum atomic E-state index is -4.60. The first-order valence-corrected chi connectivity index (χ1v) is 10.6. The number of hydrazine groups is 1. The molecule has 0 amide bonds. The van der Waals surface area contributed by atoms with Crippen molar-refractivity contribution in [1.29, 1.82) is 0 Å². The van der Waals surface area contributed by atoms with Gasteiger partial charge in [-0.15, -0.1) is 0 Å². The number of rotatable bonds is 5. The van der Waals surface area contributed by atoms with Crippen LogP contribution in [-0.2, 0) is 18.4 Å². The fourth-order valence-corrected chi connectivity index (χ4v) is 4.57. The number of nitrogens with zero attached hydrogens (tertiary/aromatic N) is 5. The molecule has 1 saturated heterocycles. The van der Waals surface area contributed by atoms with Crippen LogP contribution >= 0.6 is 0 Å². The van der Waals surface area contributed by atoms with Gasteiger partial charge in [-0.1, -0.05) is 6.07 Å². The van der Waals surface area contributed by atoms with E-state index in [4.69, 9.17) is 20.9 Å². The predicted octanol–water partition coefficient (Wildman–Crippen LogP) is 2.46. The van der Waals surface area contributed by atoms with E-state index < -0.39 is 23.2 Å². The molecule has 2 atom stereocenters. The van der Waals surface area contributed by atoms with Crippen molar-refractivity contribution in [2.45, 2.75) is 43.7 Å². The van der Waals surface area contributed by atoms with Crippen LogP contribution < -0.4 is 16.9 Å². The van der Waals surface area contributed by atoms with Gasteiger partial charge in [-0.2, -0.15) is 28.6 Å². The summed E-state index contributed by atoms with van der Waals surface area (Å²) in [6, 6.07) is 6.06. The quantitative estimate of drug-likeness (QED) is 0.568. The first-order chi connectivity index (χ1) is 16.1. The minimum absolute atomic E-state index is 0.0233. The third-order valence-corrected chi connectivity index (χ3v) is 6.17. The minimum Gasteiger partial charge on any atom is -0.465 e. The van der Waals surface area contributed by atoms with Crippen molar-refractivity contribution in [2.75, 3.05) is 6.54 Å². The number of hydrogen-bond acceptors (Lipinski definition) is 9. The van der Waals surface area contributed by atoms with Crippen LogP contribution in [-0.4, -0.2) is 40.4 Å². The van der Waals surface area contributed by atoms with E-state index in [1.165, 1.54) is 17.3 Å². The number of likely N-dealkylation sites (tertiary alicyclic amines) is 1. The fourth-order valence-electron chi connectivity index (χ4n) is 4.57. The number of guanidine groups is 3. The number of nitrogens with one attached hydrogen (secondary N) is 1. The summed E-state index contributed by atoms with van der Waals surface area (Å²) in [6.07, 6.45) is -1.04. The van der Waals surface area contributed by atoms with Gasteiger partial charge in [0.2, 0.25) is 17.9 Å². The summed E-state index contributed by atoms with van der Waals surface area (Å²) < 4.78 is 58.9. The molecule has 9 nitrogen and oxygen atoms in total. The van der Waals surface area contributed by atoms with Gasteiger partial charge in [0.15, 0.2) is 5.66 Å². The zero-order chi connectivity index (χ0) is 24.1. The highest BCUT2D eigenvalue weighted by Gasteiger charge is 2.48. The Hall–Kier alpha value is -3.45. The van der Waals surface area contributed by atoms with E-state index in [0.29, 0.717) is 24.8 Å². The Morgan fingerprint density at radius 3 is 2.74 bits per heavy atom. The summed E-state index contributed by atoms with van der Waals surface area (Å²) in [7, 11) is 0. The second kappa shape index (κ2) is 8.09. The standard InChI is InChI=1S/C21H22F4N8O/c22-15-9-13(21(23,24)25)6-5-12(15)11-32-7-1-3-14(32)10-20(16-4-2-8-34-16)30-19-29-17(26)28-18(27)33(19)31-20/h2,4-6,8-9,14,31H,1,3,7,10-11H2,(H4,26,27,28,29,30). The third-order valence-electron chi connectivity index (χ3n) is 6.17. The summed E-state index contributed by atoms with van der Waals surface area (Å²) in [5, 5.41) is 1.42. The molecule has 5 N–H and O–H groups in total. The zero-order valence-electron chi connectivity index (χ0n) is 17.9. The summed E-state index contributed by atoms with van der Waals surface area (Å²) in [5.74, 6) is -0.0748. The highest BCUT2D eigenvalue weighted by atomic mass is 19.4. The molecule has 2 unspecified atom stereocenters. The molecule has 1 fully saturated rings. The zero-order valence-corrected chi connectivity index (χ0v) is 17.9. The largest absolute Gasteiger partial charge is 0.465 e. The lowest BCUT2D eigenvalue weighted by Gasteiger charge is -2.33. The topological polar surface area (TPSA) is 121 Å². The highest BCUT2D eigenvalue weighted by molar-refractivity contribution is 6.11. The molecule has 2 aromatic rings. The summed E-state index contributed by atoms with van der Waals surface area (Å²) in [6.45, 7) is 0.826. The molecule has 34 heavy (non-hydrogen) atoms. The number of benzene rings is 1. The van der Waals surface area contributed by atoms with Gasteiger partial charge in [0, 0.05) is 24.6 Å². The van der Waals surface area contributed by atoms with Crippen LogP contribution in [0.15, 0.2) is 56.0 Å². The molecule has 180 valence electrons. The maximum atomic E-state index is 14.5. The molecule has 4 heterocycles. The molecule has 0 aliphatic carbocycles. The van der Waals surface area contributed by atoms with Crippen LogP contribution in [0, 0.1) is 5.82 Å². The smallest absolute Gasteiger partial charge is 0.416 e. The SMILES string of the molecule is NC1=NC2=NC(CC3CCCN3Cc3ccc(C(F)(F)F)cc3F)(c3ccco3)NN2C(N)=N1. The predicted molar refractivity (Wildman–Crippen MR) is 115 cm³/mol. The van der Waals surface area contributed by atoms with Crippen LogP contribution in [0.5, 0.6) is 0 Å². The van der Waals surface area contributed by atoms with E-state index in [1.54, 1.807) is 12.1 Å². The maximum absolute atomic E-state index is 14.5. The number of nitrogens with two attached hydrogens (primary N) is 2. The van der Waals surface area contributed by atoms with Gasteiger partial charge < -0.3 is 15.9 Å². The van der Waals surface area contributed by atoms with Crippen LogP contribution in [0.3, 0.4) is 0 Å². The molecular weight excluding hydrogens is 456 g/mol. The molecular formula is C21H22F4N8O. The second-order valence-electron chi connectivity index (χ2n) is 8.41. The van der Waals surface area contributed by atoms with Crippen molar-refractivity contribution in [3.63, 3.8) is 0 Å². The van der Waals surface area contributed by atoms with E-state index in [-0.39, 0.29) is 36.0 Å². The van der Waals surface area contributed by atoms with E-state index in [1.807, 2.05) is 4.90 Å². The Bertz CT molecular complexity index is 1180. The number of aliphatic imine (C=N–C) groups is 3. The maximum Gasteiger partial charge on any atom is 0.416 e. The molecule has 0 radical (unpaired) electrons. The molecule has 3 aliphatic rings. The molecule has 1 aromatic heterocycles. The fraction of sp³-hybridized carbons (Fsp3) is 0.381. The van der Waals surface area contributed by atoms with Crippen LogP contribution in [0.25, 0.3) is 0 Å². The number of hydrogen-bond donors (Lipinski definition) is 3. The van der Waals surface area contributed by atoms with Gasteiger partial charge in [0.25, 0.3) is 0 Å². The van der Waals surface area contributed by atoms with Crippen molar-refractivity contribution >= 4 is 17.9 Å². The Morgan fingerprint density at radius 2 is 2.03 bits per heavy atom. The average molecular weight is 478 g/mol. The van der Waals surface area contributed by atoms with Crippen LogP contribution in [0.2, 0.25) is 0 Å². The summed E-state index contributed by atoms with van der Waals surface area (Å²) in [5.41, 5.74) is 13.0. The van der Waals surface area contributed by atoms with Crippen molar-refractivity contribution in [2.24, 2.45) is 26.4 Å². The van der Waals surface area contributed by atoms with E-state index in [0.717, 1.165) is 18.9 Å². The average Bonchev–Trinajstić information content (AvgIpc) is 3.50.